The average molecular weight is 281 g/mol. The molecule has 0 spiro atoms. The van der Waals surface area contributed by atoms with Gasteiger partial charge in [0.05, 0.1) is 6.54 Å². The molecule has 20 heavy (non-hydrogen) atoms. The Morgan fingerprint density at radius 3 is 2.65 bits per heavy atom. The number of amides is 2. The van der Waals surface area contributed by atoms with E-state index in [2.05, 4.69) is 5.32 Å². The zero-order valence-corrected chi connectivity index (χ0v) is 13.3. The average Bonchev–Trinajstić information content (AvgIpc) is 2.71. The van der Waals surface area contributed by atoms with Gasteiger partial charge >= 0.3 is 6.03 Å². The maximum atomic E-state index is 12.4. The summed E-state index contributed by atoms with van der Waals surface area (Å²) >= 11 is 0. The van der Waals surface area contributed by atoms with Crippen molar-refractivity contribution in [2.75, 3.05) is 20.3 Å². The van der Waals surface area contributed by atoms with Gasteiger partial charge in [0.2, 0.25) is 0 Å². The molecular formula is C15H27N3O2. The van der Waals surface area contributed by atoms with Gasteiger partial charge in [-0.25, -0.2) is 4.79 Å². The van der Waals surface area contributed by atoms with E-state index in [1.54, 1.807) is 7.11 Å². The molecule has 5 nitrogen and oxygen atoms in total. The van der Waals surface area contributed by atoms with Gasteiger partial charge in [-0.05, 0) is 39.3 Å². The number of carbonyl (C=O) groups excluding carboxylic acids is 1. The number of aryl methyl sites for hydroxylation is 1. The minimum atomic E-state index is -0.231. The minimum Gasteiger partial charge on any atom is -0.385 e. The number of hydrogen-bond donors (Lipinski definition) is 1. The predicted molar refractivity (Wildman–Crippen MR) is 80.6 cm³/mol. The van der Waals surface area contributed by atoms with Gasteiger partial charge in [0.1, 0.15) is 0 Å². The summed E-state index contributed by atoms with van der Waals surface area (Å²) in [5.41, 5.74) is 0.886. The Morgan fingerprint density at radius 2 is 2.15 bits per heavy atom. The Balaban J connectivity index is 2.69. The number of methoxy groups -OCH3 is 1. The van der Waals surface area contributed by atoms with E-state index >= 15 is 0 Å². The van der Waals surface area contributed by atoms with Crippen LogP contribution in [0, 0.1) is 0 Å². The van der Waals surface area contributed by atoms with Crippen LogP contribution in [0.15, 0.2) is 18.3 Å². The summed E-state index contributed by atoms with van der Waals surface area (Å²) in [5.74, 6) is 0. The molecule has 0 fully saturated rings. The second kappa shape index (κ2) is 7.33. The van der Waals surface area contributed by atoms with E-state index in [1.165, 1.54) is 0 Å². The van der Waals surface area contributed by atoms with Crippen LogP contribution in [-0.4, -0.2) is 41.3 Å². The first-order valence-electron chi connectivity index (χ1n) is 7.00. The molecule has 1 aromatic rings. The van der Waals surface area contributed by atoms with E-state index in [0.717, 1.165) is 12.1 Å². The number of carbonyl (C=O) groups is 1. The van der Waals surface area contributed by atoms with Gasteiger partial charge in [-0.3, -0.25) is 0 Å². The van der Waals surface area contributed by atoms with Crippen LogP contribution >= 0.6 is 0 Å². The summed E-state index contributed by atoms with van der Waals surface area (Å²) in [5, 5.41) is 3.01. The topological polar surface area (TPSA) is 46.5 Å². The third-order valence-corrected chi connectivity index (χ3v) is 2.95. The van der Waals surface area contributed by atoms with Crippen LogP contribution in [0.5, 0.6) is 0 Å². The van der Waals surface area contributed by atoms with Crippen LogP contribution < -0.4 is 5.32 Å². The molecule has 2 amide bonds. The fraction of sp³-hybridized carbons (Fsp3) is 0.667. The molecule has 1 heterocycles. The van der Waals surface area contributed by atoms with Gasteiger partial charge < -0.3 is 19.5 Å². The Hall–Kier alpha value is -1.49. The minimum absolute atomic E-state index is 0.0326. The fourth-order valence-corrected chi connectivity index (χ4v) is 1.91. The molecule has 0 saturated heterocycles. The van der Waals surface area contributed by atoms with E-state index in [0.29, 0.717) is 19.7 Å². The number of nitrogens with one attached hydrogen (secondary N) is 1. The largest absolute Gasteiger partial charge is 0.385 e. The van der Waals surface area contributed by atoms with E-state index < -0.39 is 0 Å². The van der Waals surface area contributed by atoms with Gasteiger partial charge in [-0.1, -0.05) is 0 Å². The smallest absolute Gasteiger partial charge is 0.318 e. The number of nitrogens with zero attached hydrogens (tertiary/aromatic N) is 2. The van der Waals surface area contributed by atoms with Crippen LogP contribution in [0.4, 0.5) is 4.79 Å². The lowest BCUT2D eigenvalue weighted by Crippen LogP contribution is -2.48. The molecule has 0 unspecified atom stereocenters. The van der Waals surface area contributed by atoms with Gasteiger partial charge in [-0.2, -0.15) is 0 Å². The predicted octanol–water partition coefficient (Wildman–Crippen LogP) is 2.37. The van der Waals surface area contributed by atoms with Gasteiger partial charge in [-0.15, -0.1) is 0 Å². The standard InChI is InChI=1S/C15H27N3O2/c1-15(2,3)16-14(19)18(10-7-11-20-5)12-13-8-6-9-17(13)4/h6,8-9H,7,10-12H2,1-5H3,(H,16,19). The van der Waals surface area contributed by atoms with E-state index in [9.17, 15) is 4.79 Å². The van der Waals surface area contributed by atoms with E-state index in [1.807, 2.05) is 55.6 Å². The summed E-state index contributed by atoms with van der Waals surface area (Å²) in [6.07, 6.45) is 2.82. The molecule has 5 heteroatoms. The van der Waals surface area contributed by atoms with Gasteiger partial charge in [0, 0.05) is 44.7 Å². The van der Waals surface area contributed by atoms with Crippen molar-refractivity contribution in [1.29, 1.82) is 0 Å². The number of urea groups is 1. The molecule has 0 radical (unpaired) electrons. The summed E-state index contributed by atoms with van der Waals surface area (Å²) in [6, 6.07) is 3.99. The zero-order chi connectivity index (χ0) is 15.2. The fourth-order valence-electron chi connectivity index (χ4n) is 1.91. The Morgan fingerprint density at radius 1 is 1.45 bits per heavy atom. The Kier molecular flexibility index (Phi) is 6.07. The molecule has 1 N–H and O–H groups in total. The summed E-state index contributed by atoms with van der Waals surface area (Å²) < 4.78 is 7.10. The molecule has 0 atom stereocenters. The summed E-state index contributed by atoms with van der Waals surface area (Å²) in [4.78, 5) is 14.2. The SMILES string of the molecule is COCCCN(Cc1cccn1C)C(=O)NC(C)(C)C. The first-order valence-corrected chi connectivity index (χ1v) is 7.00. The van der Waals surface area contributed by atoms with Crippen LogP contribution in [0.3, 0.4) is 0 Å². The third-order valence-electron chi connectivity index (χ3n) is 2.95. The van der Waals surface area contributed by atoms with Crippen molar-refractivity contribution in [3.63, 3.8) is 0 Å². The Labute approximate surface area is 121 Å². The molecule has 1 aromatic heterocycles. The molecule has 0 aromatic carbocycles. The second-order valence-electron chi connectivity index (χ2n) is 6.06. The molecule has 0 saturated carbocycles. The molecule has 114 valence electrons. The van der Waals surface area contributed by atoms with Crippen molar-refractivity contribution in [3.8, 4) is 0 Å². The van der Waals surface area contributed by atoms with Gasteiger partial charge in [0.15, 0.2) is 0 Å². The van der Waals surface area contributed by atoms with Crippen molar-refractivity contribution in [1.82, 2.24) is 14.8 Å². The maximum Gasteiger partial charge on any atom is 0.318 e. The first-order chi connectivity index (χ1) is 9.33. The lowest BCUT2D eigenvalue weighted by atomic mass is 10.1. The number of ether oxygens (including phenoxy) is 1. The van der Waals surface area contributed by atoms with Crippen LogP contribution in [0.1, 0.15) is 32.9 Å². The highest BCUT2D eigenvalue weighted by Crippen LogP contribution is 2.08. The Bertz CT molecular complexity index is 421. The summed E-state index contributed by atoms with van der Waals surface area (Å²) in [6.45, 7) is 7.91. The zero-order valence-electron chi connectivity index (χ0n) is 13.3. The lowest BCUT2D eigenvalue weighted by molar-refractivity contribution is 0.161. The molecular weight excluding hydrogens is 254 g/mol. The molecule has 1 rings (SSSR count). The van der Waals surface area contributed by atoms with Crippen molar-refractivity contribution < 1.29 is 9.53 Å². The van der Waals surface area contributed by atoms with Crippen molar-refractivity contribution in [2.24, 2.45) is 7.05 Å². The molecule has 0 aliphatic rings. The monoisotopic (exact) mass is 281 g/mol. The highest BCUT2D eigenvalue weighted by Gasteiger charge is 2.20. The number of aromatic nitrogens is 1. The quantitative estimate of drug-likeness (QED) is 0.814. The van der Waals surface area contributed by atoms with Gasteiger partial charge in [0.25, 0.3) is 0 Å². The maximum absolute atomic E-state index is 12.4. The van der Waals surface area contributed by atoms with Crippen molar-refractivity contribution in [3.05, 3.63) is 24.0 Å². The number of hydrogen-bond acceptors (Lipinski definition) is 2. The van der Waals surface area contributed by atoms with Crippen LogP contribution in [0.25, 0.3) is 0 Å². The lowest BCUT2D eigenvalue weighted by Gasteiger charge is -2.28. The molecule has 0 aliphatic heterocycles. The number of rotatable bonds is 6. The highest BCUT2D eigenvalue weighted by molar-refractivity contribution is 5.74. The van der Waals surface area contributed by atoms with E-state index in [-0.39, 0.29) is 11.6 Å². The summed E-state index contributed by atoms with van der Waals surface area (Å²) in [7, 11) is 3.67. The van der Waals surface area contributed by atoms with Crippen molar-refractivity contribution in [2.45, 2.75) is 39.3 Å². The van der Waals surface area contributed by atoms with Crippen LogP contribution in [-0.2, 0) is 18.3 Å². The normalized spacial score (nSPS) is 11.4. The van der Waals surface area contributed by atoms with Crippen LogP contribution in [0.2, 0.25) is 0 Å². The van der Waals surface area contributed by atoms with E-state index in [4.69, 9.17) is 4.74 Å². The molecule has 0 aliphatic carbocycles. The second-order valence-corrected chi connectivity index (χ2v) is 6.06. The third kappa shape index (κ3) is 5.65. The first kappa shape index (κ1) is 16.6. The highest BCUT2D eigenvalue weighted by atomic mass is 16.5. The molecule has 0 bridgehead atoms. The van der Waals surface area contributed by atoms with Crippen molar-refractivity contribution >= 4 is 6.03 Å².